The van der Waals surface area contributed by atoms with Crippen molar-refractivity contribution in [1.82, 2.24) is 0 Å². The number of carbonyl (C=O) groups is 2. The fourth-order valence-electron chi connectivity index (χ4n) is 2.40. The molecular formula is C23H46O9. The summed E-state index contributed by atoms with van der Waals surface area (Å²) in [6, 6.07) is 0. The lowest BCUT2D eigenvalue weighted by molar-refractivity contribution is -0.159. The second kappa shape index (κ2) is 20.4. The summed E-state index contributed by atoms with van der Waals surface area (Å²) < 4.78 is 16.0. The summed E-state index contributed by atoms with van der Waals surface area (Å²) in [5, 5.41) is 35.5. The first-order valence-corrected chi connectivity index (χ1v) is 11.6. The van der Waals surface area contributed by atoms with Crippen LogP contribution in [0.1, 0.15) is 86.5 Å². The van der Waals surface area contributed by atoms with Crippen LogP contribution in [0.15, 0.2) is 0 Å². The van der Waals surface area contributed by atoms with Crippen LogP contribution in [0.5, 0.6) is 0 Å². The van der Waals surface area contributed by atoms with Gasteiger partial charge < -0.3 is 34.6 Å². The molecule has 0 aliphatic carbocycles. The first-order chi connectivity index (χ1) is 14.9. The number of carboxylic acid groups (broad SMARTS) is 1. The molecular weight excluding hydrogens is 420 g/mol. The largest absolute Gasteiger partial charge is 0.481 e. The molecule has 4 N–H and O–H groups in total. The molecule has 9 heteroatoms. The number of unbranched alkanes of at least 4 members (excludes halogenated alkanes) is 2. The van der Waals surface area contributed by atoms with Gasteiger partial charge in [0.1, 0.15) is 6.10 Å². The van der Waals surface area contributed by atoms with Gasteiger partial charge in [0.15, 0.2) is 0 Å². The number of carbonyl (C=O) groups excluding carboxylic acids is 1. The van der Waals surface area contributed by atoms with Crippen molar-refractivity contribution >= 4 is 11.9 Å². The lowest BCUT2D eigenvalue weighted by Gasteiger charge is -2.25. The van der Waals surface area contributed by atoms with Gasteiger partial charge in [-0.15, -0.1) is 0 Å². The van der Waals surface area contributed by atoms with Crippen LogP contribution in [0, 0.1) is 0 Å². The Bertz CT molecular complexity index is 466. The summed E-state index contributed by atoms with van der Waals surface area (Å²) in [4.78, 5) is 22.2. The molecule has 0 aromatic carbocycles. The van der Waals surface area contributed by atoms with E-state index in [9.17, 15) is 14.7 Å². The van der Waals surface area contributed by atoms with Crippen molar-refractivity contribution in [1.29, 1.82) is 0 Å². The minimum atomic E-state index is -0.852. The zero-order chi connectivity index (χ0) is 25.1. The Kier molecular flexibility index (Phi) is 20.9. The summed E-state index contributed by atoms with van der Waals surface area (Å²) in [5.74, 6) is -1.17. The number of aliphatic carboxylic acids is 1. The van der Waals surface area contributed by atoms with Crippen LogP contribution in [0.2, 0.25) is 0 Å². The van der Waals surface area contributed by atoms with Crippen LogP contribution >= 0.6 is 0 Å². The average Bonchev–Trinajstić information content (AvgIpc) is 2.70. The van der Waals surface area contributed by atoms with Gasteiger partial charge in [0, 0.05) is 12.8 Å². The third-order valence-corrected chi connectivity index (χ3v) is 4.55. The molecule has 0 amide bonds. The van der Waals surface area contributed by atoms with E-state index in [-0.39, 0.29) is 50.3 Å². The minimum absolute atomic E-state index is 0.0699. The Hall–Kier alpha value is -1.26. The van der Waals surface area contributed by atoms with Crippen LogP contribution in [-0.2, 0) is 23.8 Å². The molecule has 32 heavy (non-hydrogen) atoms. The van der Waals surface area contributed by atoms with Crippen LogP contribution in [0.25, 0.3) is 0 Å². The number of ether oxygens (including phenoxy) is 3. The molecule has 192 valence electrons. The maximum Gasteiger partial charge on any atom is 0.306 e. The summed E-state index contributed by atoms with van der Waals surface area (Å²) in [5.41, 5.74) is 0. The molecule has 9 nitrogen and oxygen atoms in total. The Balaban J connectivity index is 0. The number of rotatable bonds is 17. The molecule has 6 unspecified atom stereocenters. The molecule has 0 aliphatic rings. The Morgan fingerprint density at radius 1 is 0.781 bits per heavy atom. The van der Waals surface area contributed by atoms with Crippen molar-refractivity contribution in [3.05, 3.63) is 0 Å². The van der Waals surface area contributed by atoms with Crippen LogP contribution in [0.4, 0.5) is 0 Å². The molecule has 0 aliphatic heterocycles. The number of aliphatic hydroxyl groups excluding tert-OH is 3. The van der Waals surface area contributed by atoms with E-state index in [1.807, 2.05) is 6.92 Å². The zero-order valence-corrected chi connectivity index (χ0v) is 20.7. The van der Waals surface area contributed by atoms with E-state index >= 15 is 0 Å². The lowest BCUT2D eigenvalue weighted by atomic mass is 10.1. The van der Waals surface area contributed by atoms with Crippen LogP contribution in [-0.4, -0.2) is 82.2 Å². The third kappa shape index (κ3) is 22.0. The molecule has 0 aromatic rings. The van der Waals surface area contributed by atoms with Crippen molar-refractivity contribution in [2.75, 3.05) is 13.2 Å². The molecule has 0 heterocycles. The normalized spacial score (nSPS) is 16.7. The first kappa shape index (κ1) is 32.9. The summed E-state index contributed by atoms with van der Waals surface area (Å²) in [6.07, 6.45) is 1.63. The average molecular weight is 467 g/mol. The molecule has 0 saturated carbocycles. The molecule has 0 bridgehead atoms. The fraction of sp³-hybridized carbons (Fsp3) is 0.913. The Morgan fingerprint density at radius 3 is 1.72 bits per heavy atom. The van der Waals surface area contributed by atoms with E-state index in [0.717, 1.165) is 19.3 Å². The summed E-state index contributed by atoms with van der Waals surface area (Å²) in [7, 11) is 0. The molecule has 0 aromatic heterocycles. The van der Waals surface area contributed by atoms with Gasteiger partial charge in [0.2, 0.25) is 0 Å². The van der Waals surface area contributed by atoms with Crippen LogP contribution < -0.4 is 0 Å². The second-order valence-corrected chi connectivity index (χ2v) is 8.29. The minimum Gasteiger partial charge on any atom is -0.481 e. The maximum absolute atomic E-state index is 11.8. The van der Waals surface area contributed by atoms with E-state index in [1.165, 1.54) is 0 Å². The van der Waals surface area contributed by atoms with Gasteiger partial charge in [0.05, 0.1) is 43.7 Å². The van der Waals surface area contributed by atoms with E-state index in [1.54, 1.807) is 27.7 Å². The van der Waals surface area contributed by atoms with Gasteiger partial charge in [-0.3, -0.25) is 9.59 Å². The monoisotopic (exact) mass is 466 g/mol. The Labute approximate surface area is 193 Å². The quantitative estimate of drug-likeness (QED) is 0.188. The van der Waals surface area contributed by atoms with E-state index < -0.39 is 24.3 Å². The van der Waals surface area contributed by atoms with Gasteiger partial charge in [-0.1, -0.05) is 13.3 Å². The zero-order valence-electron chi connectivity index (χ0n) is 20.7. The molecule has 0 fully saturated rings. The number of hydrogen-bond acceptors (Lipinski definition) is 8. The SMILES string of the molecule is CC(O)COC(C)C(C)O.CCCCC(OC(=O)CCCCC(=O)O)C(C)OCC(C)O. The number of hydrogen-bond donors (Lipinski definition) is 4. The Morgan fingerprint density at radius 2 is 1.28 bits per heavy atom. The molecule has 6 atom stereocenters. The van der Waals surface area contributed by atoms with Crippen molar-refractivity contribution < 1.29 is 44.2 Å². The van der Waals surface area contributed by atoms with E-state index in [4.69, 9.17) is 29.5 Å². The smallest absolute Gasteiger partial charge is 0.306 e. The highest BCUT2D eigenvalue weighted by Gasteiger charge is 2.22. The predicted octanol–water partition coefficient (Wildman–Crippen LogP) is 2.67. The van der Waals surface area contributed by atoms with Crippen molar-refractivity contribution in [2.45, 2.75) is 123 Å². The highest BCUT2D eigenvalue weighted by molar-refractivity contribution is 5.70. The van der Waals surface area contributed by atoms with Gasteiger partial charge in [0.25, 0.3) is 0 Å². The lowest BCUT2D eigenvalue weighted by Crippen LogP contribution is -2.33. The molecule has 0 saturated heterocycles. The van der Waals surface area contributed by atoms with E-state index in [2.05, 4.69) is 6.92 Å². The standard InChI is InChI=1S/C16H30O6.C7H16O3/c1-4-5-8-14(13(3)21-11-12(2)17)22-16(20)10-7-6-9-15(18)19;1-5(8)4-10-7(3)6(2)9/h12-14,17H,4-11H2,1-3H3,(H,18,19);5-9H,4H2,1-3H3. The molecule has 0 rings (SSSR count). The molecule has 0 spiro atoms. The highest BCUT2D eigenvalue weighted by Crippen LogP contribution is 2.14. The second-order valence-electron chi connectivity index (χ2n) is 8.29. The summed E-state index contributed by atoms with van der Waals surface area (Å²) >= 11 is 0. The number of aliphatic hydroxyl groups is 3. The topological polar surface area (TPSA) is 143 Å². The van der Waals surface area contributed by atoms with Crippen molar-refractivity contribution in [3.8, 4) is 0 Å². The fourth-order valence-corrected chi connectivity index (χ4v) is 2.40. The van der Waals surface area contributed by atoms with Gasteiger partial charge in [-0.2, -0.15) is 0 Å². The number of carboxylic acids is 1. The van der Waals surface area contributed by atoms with Gasteiger partial charge in [-0.05, 0) is 60.3 Å². The highest BCUT2D eigenvalue weighted by atomic mass is 16.6. The van der Waals surface area contributed by atoms with Gasteiger partial charge in [-0.25, -0.2) is 0 Å². The van der Waals surface area contributed by atoms with Gasteiger partial charge >= 0.3 is 11.9 Å². The first-order valence-electron chi connectivity index (χ1n) is 11.6. The maximum atomic E-state index is 11.8. The van der Waals surface area contributed by atoms with E-state index in [0.29, 0.717) is 12.8 Å². The summed E-state index contributed by atoms with van der Waals surface area (Å²) in [6.45, 7) is 11.1. The molecule has 0 radical (unpaired) electrons. The van der Waals surface area contributed by atoms with Crippen molar-refractivity contribution in [3.63, 3.8) is 0 Å². The third-order valence-electron chi connectivity index (χ3n) is 4.55. The van der Waals surface area contributed by atoms with Crippen molar-refractivity contribution in [2.24, 2.45) is 0 Å². The predicted molar refractivity (Wildman–Crippen MR) is 121 cm³/mol. The number of esters is 1. The van der Waals surface area contributed by atoms with Crippen LogP contribution in [0.3, 0.4) is 0 Å².